The zero-order valence-corrected chi connectivity index (χ0v) is 31.0. The van der Waals surface area contributed by atoms with E-state index in [1.807, 2.05) is 54.6 Å². The van der Waals surface area contributed by atoms with Crippen molar-refractivity contribution in [1.82, 2.24) is 4.57 Å². The molecule has 54 heavy (non-hydrogen) atoms. The number of hydrogen-bond donors (Lipinski definition) is 0. The van der Waals surface area contributed by atoms with Gasteiger partial charge in [0.1, 0.15) is 0 Å². The van der Waals surface area contributed by atoms with Gasteiger partial charge in [-0.15, -0.1) is 0 Å². The van der Waals surface area contributed by atoms with Crippen LogP contribution in [0, 0.1) is 13.8 Å². The van der Waals surface area contributed by atoms with Gasteiger partial charge in [-0.1, -0.05) is 120 Å². The van der Waals surface area contributed by atoms with Crippen molar-refractivity contribution in [3.63, 3.8) is 0 Å². The molecule has 1 aliphatic rings. The van der Waals surface area contributed by atoms with E-state index in [1.54, 1.807) is 24.3 Å². The highest BCUT2D eigenvalue weighted by Gasteiger charge is 2.23. The fourth-order valence-electron chi connectivity index (χ4n) is 8.44. The molecular weight excluding hydrogens is 679 g/mol. The van der Waals surface area contributed by atoms with E-state index in [0.717, 1.165) is 29.5 Å². The van der Waals surface area contributed by atoms with E-state index < -0.39 is 9.84 Å². The maximum atomic E-state index is 13.9. The van der Waals surface area contributed by atoms with E-state index in [-0.39, 0.29) is 0 Å². The third kappa shape index (κ3) is 5.36. The molecular formula is C50H37NO2S. The number of fused-ring (bicyclic) bond motifs is 6. The normalized spacial score (nSPS) is 12.6. The van der Waals surface area contributed by atoms with E-state index in [1.165, 1.54) is 71.6 Å². The zero-order chi connectivity index (χ0) is 36.6. The van der Waals surface area contributed by atoms with Crippen LogP contribution in [0.1, 0.15) is 33.4 Å². The number of benzene rings is 8. The van der Waals surface area contributed by atoms with Crippen LogP contribution in [0.2, 0.25) is 0 Å². The van der Waals surface area contributed by atoms with Crippen LogP contribution in [-0.4, -0.2) is 13.0 Å². The Balaban J connectivity index is 0.951. The lowest BCUT2D eigenvalue weighted by atomic mass is 9.83. The Morgan fingerprint density at radius 3 is 1.80 bits per heavy atom. The monoisotopic (exact) mass is 715 g/mol. The molecule has 0 amide bonds. The fourth-order valence-corrected chi connectivity index (χ4v) is 9.92. The second-order valence-corrected chi connectivity index (χ2v) is 16.7. The number of aryl methyl sites for hydroxylation is 2. The molecule has 0 aliphatic heterocycles. The van der Waals surface area contributed by atoms with Gasteiger partial charge in [0, 0.05) is 22.0 Å². The second kappa shape index (κ2) is 12.4. The van der Waals surface area contributed by atoms with Crippen molar-refractivity contribution in [2.45, 2.75) is 36.5 Å². The average Bonchev–Trinajstić information content (AvgIpc) is 3.51. The zero-order valence-electron chi connectivity index (χ0n) is 30.2. The van der Waals surface area contributed by atoms with Crippen molar-refractivity contribution in [1.29, 1.82) is 0 Å². The summed E-state index contributed by atoms with van der Waals surface area (Å²) in [5.41, 5.74) is 15.2. The van der Waals surface area contributed by atoms with Gasteiger partial charge in [-0.25, -0.2) is 8.42 Å². The molecule has 9 aromatic rings. The highest BCUT2D eigenvalue weighted by molar-refractivity contribution is 7.91. The number of nitrogens with zero attached hydrogens (tertiary/aromatic N) is 1. The molecule has 0 saturated carbocycles. The third-order valence-corrected chi connectivity index (χ3v) is 13.0. The molecule has 0 unspecified atom stereocenters. The Morgan fingerprint density at radius 1 is 0.463 bits per heavy atom. The predicted octanol–water partition coefficient (Wildman–Crippen LogP) is 12.2. The lowest BCUT2D eigenvalue weighted by Crippen LogP contribution is -2.08. The minimum Gasteiger partial charge on any atom is -0.309 e. The molecule has 10 rings (SSSR count). The molecule has 8 aromatic carbocycles. The standard InChI is InChI=1S/C50H37NO2S/c1-32-12-22-48-46(24-32)47-25-33(2)13-23-49(47)51(48)43-19-16-38-28-40-29-39-26-36(14-15-37(39)27-41(40)30-42(38)31-43)34-17-20-44(21-18-34)54(52,53)50-11-7-6-10-45(50)35-8-4-3-5-9-35/h3-26,28,30-31H,27,29H2,1-2H3. The van der Waals surface area contributed by atoms with Gasteiger partial charge in [-0.05, 0) is 131 Å². The summed E-state index contributed by atoms with van der Waals surface area (Å²) in [5.74, 6) is 0. The van der Waals surface area contributed by atoms with Crippen molar-refractivity contribution in [3.05, 3.63) is 197 Å². The molecule has 4 heteroatoms. The Labute approximate surface area is 315 Å². The number of hydrogen-bond acceptors (Lipinski definition) is 2. The number of aromatic nitrogens is 1. The maximum absolute atomic E-state index is 13.9. The van der Waals surface area contributed by atoms with Gasteiger partial charge in [-0.3, -0.25) is 0 Å². The molecule has 0 spiro atoms. The quantitative estimate of drug-likeness (QED) is 0.178. The average molecular weight is 716 g/mol. The van der Waals surface area contributed by atoms with Crippen molar-refractivity contribution < 1.29 is 8.42 Å². The van der Waals surface area contributed by atoms with Crippen LogP contribution in [0.4, 0.5) is 0 Å². The molecule has 0 radical (unpaired) electrons. The molecule has 0 fully saturated rings. The molecule has 0 saturated heterocycles. The van der Waals surface area contributed by atoms with Crippen LogP contribution in [0.25, 0.3) is 60.5 Å². The Bertz CT molecular complexity index is 3010. The lowest BCUT2D eigenvalue weighted by molar-refractivity contribution is 0.596. The SMILES string of the molecule is Cc1ccc2c(c1)c1cc(C)ccc1n2-c1ccc2cc3c(cc2c1)Cc1ccc(-c2ccc(S(=O)(=O)c4ccccc4-c4ccccc4)cc2)cc1C3. The number of sulfone groups is 1. The summed E-state index contributed by atoms with van der Waals surface area (Å²) in [6.45, 7) is 4.33. The smallest absolute Gasteiger partial charge is 0.207 e. The minimum absolute atomic E-state index is 0.292. The molecule has 0 bridgehead atoms. The third-order valence-electron chi connectivity index (χ3n) is 11.2. The van der Waals surface area contributed by atoms with Gasteiger partial charge in [0.2, 0.25) is 9.84 Å². The lowest BCUT2D eigenvalue weighted by Gasteiger charge is -2.22. The molecule has 1 heterocycles. The topological polar surface area (TPSA) is 39.1 Å². The summed E-state index contributed by atoms with van der Waals surface area (Å²) < 4.78 is 30.2. The summed E-state index contributed by atoms with van der Waals surface area (Å²) in [5, 5.41) is 5.08. The van der Waals surface area contributed by atoms with Crippen LogP contribution in [-0.2, 0) is 22.7 Å². The van der Waals surface area contributed by atoms with Gasteiger partial charge in [0.25, 0.3) is 0 Å². The van der Waals surface area contributed by atoms with Crippen LogP contribution in [0.5, 0.6) is 0 Å². The molecule has 3 nitrogen and oxygen atoms in total. The number of rotatable bonds is 5. The van der Waals surface area contributed by atoms with Crippen LogP contribution in [0.15, 0.2) is 174 Å². The summed E-state index contributed by atoms with van der Waals surface area (Å²) in [6.07, 6.45) is 1.75. The van der Waals surface area contributed by atoms with E-state index >= 15 is 0 Å². The Morgan fingerprint density at radius 2 is 1.07 bits per heavy atom. The van der Waals surface area contributed by atoms with E-state index in [0.29, 0.717) is 15.4 Å². The molecule has 0 N–H and O–H groups in total. The first kappa shape index (κ1) is 32.4. The van der Waals surface area contributed by atoms with Crippen molar-refractivity contribution in [2.24, 2.45) is 0 Å². The van der Waals surface area contributed by atoms with Gasteiger partial charge in [0.05, 0.1) is 20.8 Å². The first-order chi connectivity index (χ1) is 26.3. The second-order valence-electron chi connectivity index (χ2n) is 14.8. The van der Waals surface area contributed by atoms with E-state index in [4.69, 9.17) is 0 Å². The van der Waals surface area contributed by atoms with Gasteiger partial charge >= 0.3 is 0 Å². The van der Waals surface area contributed by atoms with Crippen molar-refractivity contribution in [3.8, 4) is 27.9 Å². The van der Waals surface area contributed by atoms with Crippen molar-refractivity contribution in [2.75, 3.05) is 0 Å². The van der Waals surface area contributed by atoms with Crippen LogP contribution < -0.4 is 0 Å². The highest BCUT2D eigenvalue weighted by Crippen LogP contribution is 2.38. The summed E-state index contributed by atoms with van der Waals surface area (Å²) in [7, 11) is -3.72. The van der Waals surface area contributed by atoms with Gasteiger partial charge in [-0.2, -0.15) is 0 Å². The van der Waals surface area contributed by atoms with Crippen molar-refractivity contribution >= 4 is 42.4 Å². The Hall–Kier alpha value is -6.23. The summed E-state index contributed by atoms with van der Waals surface area (Å²) in [6, 6.07) is 56.1. The molecule has 0 atom stereocenters. The summed E-state index contributed by atoms with van der Waals surface area (Å²) >= 11 is 0. The molecule has 260 valence electrons. The molecule has 1 aliphatic carbocycles. The van der Waals surface area contributed by atoms with Crippen LogP contribution in [0.3, 0.4) is 0 Å². The van der Waals surface area contributed by atoms with E-state index in [2.05, 4.69) is 103 Å². The highest BCUT2D eigenvalue weighted by atomic mass is 32.2. The maximum Gasteiger partial charge on any atom is 0.207 e. The largest absolute Gasteiger partial charge is 0.309 e. The first-order valence-electron chi connectivity index (χ1n) is 18.5. The van der Waals surface area contributed by atoms with Crippen LogP contribution >= 0.6 is 0 Å². The predicted molar refractivity (Wildman–Crippen MR) is 223 cm³/mol. The van der Waals surface area contributed by atoms with E-state index in [9.17, 15) is 8.42 Å². The molecule has 1 aromatic heterocycles. The summed E-state index contributed by atoms with van der Waals surface area (Å²) in [4.78, 5) is 0.608. The minimum atomic E-state index is -3.72. The first-order valence-corrected chi connectivity index (χ1v) is 20.0. The van der Waals surface area contributed by atoms with Gasteiger partial charge in [0.15, 0.2) is 0 Å². The fraction of sp³-hybridized carbons (Fsp3) is 0.0800. The van der Waals surface area contributed by atoms with Gasteiger partial charge < -0.3 is 4.57 Å². The Kier molecular flexibility index (Phi) is 7.47.